The van der Waals surface area contributed by atoms with Crippen LogP contribution in [0.1, 0.15) is 17.3 Å². The second kappa shape index (κ2) is 6.99. The number of amides is 1. The van der Waals surface area contributed by atoms with Crippen molar-refractivity contribution in [1.29, 1.82) is 0 Å². The van der Waals surface area contributed by atoms with Crippen molar-refractivity contribution in [3.8, 4) is 5.75 Å². The number of ether oxygens (including phenoxy) is 1. The first-order valence-corrected chi connectivity index (χ1v) is 7.74. The maximum absolute atomic E-state index is 12.2. The van der Waals surface area contributed by atoms with Gasteiger partial charge in [-0.1, -0.05) is 12.1 Å². The Balaban J connectivity index is 1.63. The lowest BCUT2D eigenvalue weighted by atomic mass is 10.2. The zero-order valence-electron chi connectivity index (χ0n) is 13.3. The lowest BCUT2D eigenvalue weighted by Crippen LogP contribution is -2.31. The van der Waals surface area contributed by atoms with Gasteiger partial charge in [0.25, 0.3) is 5.91 Å². The first-order chi connectivity index (χ1) is 11.7. The topological polar surface area (TPSA) is 77.6 Å². The molecule has 0 aliphatic heterocycles. The zero-order valence-corrected chi connectivity index (χ0v) is 13.3. The van der Waals surface area contributed by atoms with Crippen molar-refractivity contribution < 1.29 is 9.53 Å². The number of nitrogens with zero attached hydrogens (tertiary/aromatic N) is 3. The number of rotatable bonds is 6. The molecule has 0 aliphatic rings. The van der Waals surface area contributed by atoms with Crippen LogP contribution >= 0.6 is 0 Å². The van der Waals surface area contributed by atoms with Gasteiger partial charge in [-0.05, 0) is 37.3 Å². The molecule has 1 N–H and O–H groups in total. The molecule has 0 unspecified atom stereocenters. The number of hydrogen-bond acceptors (Lipinski definition) is 4. The van der Waals surface area contributed by atoms with Gasteiger partial charge in [-0.15, -0.1) is 5.10 Å². The van der Waals surface area contributed by atoms with Gasteiger partial charge in [-0.3, -0.25) is 9.20 Å². The number of pyridine rings is 1. The van der Waals surface area contributed by atoms with Crippen LogP contribution in [-0.2, 0) is 6.54 Å². The van der Waals surface area contributed by atoms with Crippen LogP contribution in [0.3, 0.4) is 0 Å². The summed E-state index contributed by atoms with van der Waals surface area (Å²) < 4.78 is 8.19. The van der Waals surface area contributed by atoms with E-state index in [0.717, 1.165) is 0 Å². The summed E-state index contributed by atoms with van der Waals surface area (Å²) in [4.78, 5) is 24.3. The summed E-state index contributed by atoms with van der Waals surface area (Å²) in [5, 5.41) is 7.00. The molecule has 1 amide bonds. The summed E-state index contributed by atoms with van der Waals surface area (Å²) in [6, 6.07) is 12.3. The molecule has 3 rings (SSSR count). The smallest absolute Gasteiger partial charge is 0.350 e. The quantitative estimate of drug-likeness (QED) is 0.741. The van der Waals surface area contributed by atoms with Crippen LogP contribution in [-0.4, -0.2) is 33.2 Å². The summed E-state index contributed by atoms with van der Waals surface area (Å²) in [6.45, 7) is 3.04. The van der Waals surface area contributed by atoms with E-state index < -0.39 is 0 Å². The molecular formula is C17H18N4O3. The van der Waals surface area contributed by atoms with Crippen molar-refractivity contribution in [2.45, 2.75) is 13.5 Å². The highest BCUT2D eigenvalue weighted by Crippen LogP contribution is 2.13. The van der Waals surface area contributed by atoms with E-state index in [2.05, 4.69) is 10.4 Å². The van der Waals surface area contributed by atoms with Gasteiger partial charge in [0.05, 0.1) is 13.2 Å². The minimum Gasteiger partial charge on any atom is -0.494 e. The third kappa shape index (κ3) is 3.29. The van der Waals surface area contributed by atoms with Gasteiger partial charge in [-0.2, -0.15) is 0 Å². The van der Waals surface area contributed by atoms with Gasteiger partial charge in [0.1, 0.15) is 5.75 Å². The Bertz CT molecular complexity index is 913. The van der Waals surface area contributed by atoms with E-state index in [1.165, 1.54) is 9.08 Å². The standard InChI is InChI=1S/C17H18N4O3/c1-2-24-14-7-5-6-13(12-14)16(22)18-9-11-21-17(23)20-10-4-3-8-15(20)19-21/h3-8,10,12H,2,9,11H2,1H3,(H,18,22). The van der Waals surface area contributed by atoms with Crippen LogP contribution in [0, 0.1) is 0 Å². The summed E-state index contributed by atoms with van der Waals surface area (Å²) in [6.07, 6.45) is 1.67. The minimum atomic E-state index is -0.224. The van der Waals surface area contributed by atoms with Crippen LogP contribution in [0.4, 0.5) is 0 Å². The fraction of sp³-hybridized carbons (Fsp3) is 0.235. The lowest BCUT2D eigenvalue weighted by Gasteiger charge is -2.07. The fourth-order valence-corrected chi connectivity index (χ4v) is 2.38. The third-order valence-electron chi connectivity index (χ3n) is 3.50. The summed E-state index contributed by atoms with van der Waals surface area (Å²) in [5.74, 6) is 0.440. The Morgan fingerprint density at radius 3 is 2.92 bits per heavy atom. The zero-order chi connectivity index (χ0) is 16.9. The van der Waals surface area contributed by atoms with E-state index in [0.29, 0.717) is 36.7 Å². The summed E-state index contributed by atoms with van der Waals surface area (Å²) >= 11 is 0. The SMILES string of the molecule is CCOc1cccc(C(=O)NCCn2nc3ccccn3c2=O)c1. The average Bonchev–Trinajstić information content (AvgIpc) is 2.92. The van der Waals surface area contributed by atoms with E-state index in [1.54, 1.807) is 42.6 Å². The highest BCUT2D eigenvalue weighted by Gasteiger charge is 2.08. The van der Waals surface area contributed by atoms with Crippen molar-refractivity contribution >= 4 is 11.6 Å². The Labute approximate surface area is 138 Å². The maximum atomic E-state index is 12.2. The van der Waals surface area contributed by atoms with Crippen LogP contribution in [0.25, 0.3) is 5.65 Å². The number of fused-ring (bicyclic) bond motifs is 1. The predicted molar refractivity (Wildman–Crippen MR) is 89.4 cm³/mol. The first-order valence-electron chi connectivity index (χ1n) is 7.74. The molecule has 2 heterocycles. The molecule has 0 atom stereocenters. The van der Waals surface area contributed by atoms with Crippen LogP contribution in [0.2, 0.25) is 0 Å². The van der Waals surface area contributed by atoms with Crippen LogP contribution in [0.5, 0.6) is 5.75 Å². The van der Waals surface area contributed by atoms with E-state index in [4.69, 9.17) is 4.74 Å². The number of benzene rings is 1. The Morgan fingerprint density at radius 2 is 2.12 bits per heavy atom. The van der Waals surface area contributed by atoms with Gasteiger partial charge in [0.15, 0.2) is 5.65 Å². The number of carbonyl (C=O) groups excluding carboxylic acids is 1. The molecule has 3 aromatic rings. The number of nitrogens with one attached hydrogen (secondary N) is 1. The number of hydrogen-bond donors (Lipinski definition) is 1. The average molecular weight is 326 g/mol. The number of carbonyl (C=O) groups is 1. The summed E-state index contributed by atoms with van der Waals surface area (Å²) in [5.41, 5.74) is 0.875. The Hall–Kier alpha value is -3.09. The molecule has 0 saturated heterocycles. The monoisotopic (exact) mass is 326 g/mol. The van der Waals surface area contributed by atoms with Crippen molar-refractivity contribution in [3.63, 3.8) is 0 Å². The molecule has 0 bridgehead atoms. The van der Waals surface area contributed by atoms with Gasteiger partial charge < -0.3 is 10.1 Å². The van der Waals surface area contributed by atoms with Crippen molar-refractivity contribution in [1.82, 2.24) is 19.5 Å². The first kappa shape index (κ1) is 15.8. The van der Waals surface area contributed by atoms with E-state index in [-0.39, 0.29) is 11.6 Å². The van der Waals surface area contributed by atoms with Crippen LogP contribution < -0.4 is 15.7 Å². The molecule has 24 heavy (non-hydrogen) atoms. The Kier molecular flexibility index (Phi) is 4.60. The second-order valence-electron chi connectivity index (χ2n) is 5.15. The van der Waals surface area contributed by atoms with Crippen molar-refractivity contribution in [3.05, 3.63) is 64.7 Å². The van der Waals surface area contributed by atoms with E-state index in [9.17, 15) is 9.59 Å². The van der Waals surface area contributed by atoms with Crippen molar-refractivity contribution in [2.75, 3.05) is 13.2 Å². The molecule has 0 saturated carbocycles. The normalized spacial score (nSPS) is 10.7. The lowest BCUT2D eigenvalue weighted by molar-refractivity contribution is 0.0951. The maximum Gasteiger partial charge on any atom is 0.350 e. The van der Waals surface area contributed by atoms with Gasteiger partial charge in [-0.25, -0.2) is 9.48 Å². The molecular weight excluding hydrogens is 308 g/mol. The Morgan fingerprint density at radius 1 is 1.25 bits per heavy atom. The highest BCUT2D eigenvalue weighted by atomic mass is 16.5. The number of aromatic nitrogens is 3. The van der Waals surface area contributed by atoms with Gasteiger partial charge >= 0.3 is 5.69 Å². The predicted octanol–water partition coefficient (Wildman–Crippen LogP) is 1.32. The third-order valence-corrected chi connectivity index (χ3v) is 3.50. The molecule has 124 valence electrons. The van der Waals surface area contributed by atoms with E-state index >= 15 is 0 Å². The molecule has 0 radical (unpaired) electrons. The largest absolute Gasteiger partial charge is 0.494 e. The fourth-order valence-electron chi connectivity index (χ4n) is 2.38. The molecule has 1 aromatic carbocycles. The van der Waals surface area contributed by atoms with Gasteiger partial charge in [0.2, 0.25) is 0 Å². The van der Waals surface area contributed by atoms with Crippen molar-refractivity contribution in [2.24, 2.45) is 0 Å². The molecule has 0 aliphatic carbocycles. The minimum absolute atomic E-state index is 0.214. The molecule has 0 fully saturated rings. The molecule has 7 nitrogen and oxygen atoms in total. The molecule has 0 spiro atoms. The summed E-state index contributed by atoms with van der Waals surface area (Å²) in [7, 11) is 0. The molecule has 2 aromatic heterocycles. The van der Waals surface area contributed by atoms with Crippen LogP contribution in [0.15, 0.2) is 53.5 Å². The van der Waals surface area contributed by atoms with E-state index in [1.807, 2.05) is 13.0 Å². The van der Waals surface area contributed by atoms with Gasteiger partial charge in [0, 0.05) is 18.3 Å². The second-order valence-corrected chi connectivity index (χ2v) is 5.15. The molecule has 7 heteroatoms. The highest BCUT2D eigenvalue weighted by molar-refractivity contribution is 5.94.